The summed E-state index contributed by atoms with van der Waals surface area (Å²) < 4.78 is 2.06. The maximum Gasteiger partial charge on any atom is 0.274 e. The number of H-pyrrole nitrogens is 1. The number of para-hydroxylation sites is 2. The number of aromatic nitrogens is 4. The largest absolute Gasteiger partial charge is 0.340 e. The second-order valence-corrected chi connectivity index (χ2v) is 8.07. The molecule has 7 nitrogen and oxygen atoms in total. The molecule has 0 radical (unpaired) electrons. The van der Waals surface area contributed by atoms with E-state index in [1.165, 1.54) is 0 Å². The molecule has 1 aliphatic heterocycles. The third-order valence-electron chi connectivity index (χ3n) is 5.64. The summed E-state index contributed by atoms with van der Waals surface area (Å²) in [5.74, 6) is 0.507. The zero-order valence-electron chi connectivity index (χ0n) is 16.8. The molecule has 1 aromatic carbocycles. The Morgan fingerprint density at radius 3 is 2.96 bits per heavy atom. The van der Waals surface area contributed by atoms with Crippen LogP contribution in [0.4, 0.5) is 0 Å². The molecule has 0 saturated carbocycles. The van der Waals surface area contributed by atoms with E-state index in [4.69, 9.17) is 0 Å². The highest BCUT2D eigenvalue weighted by molar-refractivity contribution is 5.92. The van der Waals surface area contributed by atoms with Crippen molar-refractivity contribution in [3.63, 3.8) is 0 Å². The van der Waals surface area contributed by atoms with Crippen molar-refractivity contribution in [1.29, 1.82) is 0 Å². The SMILES string of the molecule is CC(C)N1CC[C@@H](CN(C)C(=O)c2cc(Cn3cnc4ccccc43)[nH]n2)C1. The van der Waals surface area contributed by atoms with Crippen LogP contribution in [-0.4, -0.2) is 68.2 Å². The van der Waals surface area contributed by atoms with E-state index < -0.39 is 0 Å². The number of hydrogen-bond acceptors (Lipinski definition) is 4. The zero-order chi connectivity index (χ0) is 19.7. The summed E-state index contributed by atoms with van der Waals surface area (Å²) in [4.78, 5) is 21.5. The molecule has 0 unspecified atom stereocenters. The third kappa shape index (κ3) is 3.80. The highest BCUT2D eigenvalue weighted by atomic mass is 16.2. The molecular formula is C21H28N6O. The Morgan fingerprint density at radius 1 is 1.36 bits per heavy atom. The van der Waals surface area contributed by atoms with Crippen molar-refractivity contribution in [3.8, 4) is 0 Å². The molecular weight excluding hydrogens is 352 g/mol. The first kappa shape index (κ1) is 18.7. The molecule has 0 aliphatic carbocycles. The fourth-order valence-corrected chi connectivity index (χ4v) is 4.02. The Kier molecular flexibility index (Phi) is 5.17. The lowest BCUT2D eigenvalue weighted by Crippen LogP contribution is -2.34. The van der Waals surface area contributed by atoms with Gasteiger partial charge in [-0.1, -0.05) is 12.1 Å². The van der Waals surface area contributed by atoms with Gasteiger partial charge in [-0.25, -0.2) is 4.98 Å². The first-order valence-electron chi connectivity index (χ1n) is 9.95. The lowest BCUT2D eigenvalue weighted by Gasteiger charge is -2.23. The van der Waals surface area contributed by atoms with Crippen LogP contribution in [0, 0.1) is 5.92 Å². The maximum atomic E-state index is 12.8. The van der Waals surface area contributed by atoms with Crippen molar-refractivity contribution in [2.45, 2.75) is 32.9 Å². The summed E-state index contributed by atoms with van der Waals surface area (Å²) in [6.45, 7) is 8.02. The Bertz CT molecular complexity index is 959. The van der Waals surface area contributed by atoms with E-state index in [0.717, 1.165) is 42.8 Å². The molecule has 1 saturated heterocycles. The third-order valence-corrected chi connectivity index (χ3v) is 5.64. The van der Waals surface area contributed by atoms with E-state index in [-0.39, 0.29) is 5.91 Å². The van der Waals surface area contributed by atoms with E-state index >= 15 is 0 Å². The van der Waals surface area contributed by atoms with E-state index in [0.29, 0.717) is 24.2 Å². The number of imidazole rings is 1. The van der Waals surface area contributed by atoms with Crippen LogP contribution in [0.2, 0.25) is 0 Å². The van der Waals surface area contributed by atoms with Crippen molar-refractivity contribution >= 4 is 16.9 Å². The van der Waals surface area contributed by atoms with Crippen LogP contribution in [0.3, 0.4) is 0 Å². The summed E-state index contributed by atoms with van der Waals surface area (Å²) >= 11 is 0. The Labute approximate surface area is 165 Å². The molecule has 7 heteroatoms. The number of amides is 1. The molecule has 0 bridgehead atoms. The van der Waals surface area contributed by atoms with Gasteiger partial charge in [0.1, 0.15) is 5.69 Å². The highest BCUT2D eigenvalue weighted by Crippen LogP contribution is 2.20. The smallest absolute Gasteiger partial charge is 0.274 e. The van der Waals surface area contributed by atoms with Crippen LogP contribution in [0.5, 0.6) is 0 Å². The van der Waals surface area contributed by atoms with Gasteiger partial charge in [-0.15, -0.1) is 0 Å². The second kappa shape index (κ2) is 7.75. The molecule has 1 aliphatic rings. The minimum atomic E-state index is -0.0269. The fourth-order valence-electron chi connectivity index (χ4n) is 4.02. The number of nitrogens with zero attached hydrogens (tertiary/aromatic N) is 5. The summed E-state index contributed by atoms with van der Waals surface area (Å²) in [6.07, 6.45) is 2.97. The first-order valence-corrected chi connectivity index (χ1v) is 9.95. The van der Waals surface area contributed by atoms with Gasteiger partial charge in [0.2, 0.25) is 0 Å². The van der Waals surface area contributed by atoms with Crippen molar-refractivity contribution in [1.82, 2.24) is 29.5 Å². The van der Waals surface area contributed by atoms with Gasteiger partial charge < -0.3 is 14.4 Å². The van der Waals surface area contributed by atoms with Gasteiger partial charge >= 0.3 is 0 Å². The van der Waals surface area contributed by atoms with Crippen molar-refractivity contribution in [3.05, 3.63) is 48.0 Å². The van der Waals surface area contributed by atoms with Gasteiger partial charge in [-0.3, -0.25) is 9.89 Å². The van der Waals surface area contributed by atoms with Crippen LogP contribution in [0.25, 0.3) is 11.0 Å². The Balaban J connectivity index is 1.39. The molecule has 148 valence electrons. The summed E-state index contributed by atoms with van der Waals surface area (Å²) in [7, 11) is 1.87. The molecule has 1 atom stereocenters. The van der Waals surface area contributed by atoms with Gasteiger partial charge in [-0.05, 0) is 50.9 Å². The summed E-state index contributed by atoms with van der Waals surface area (Å²) in [5, 5.41) is 7.26. The van der Waals surface area contributed by atoms with Crippen LogP contribution in [-0.2, 0) is 6.54 Å². The highest BCUT2D eigenvalue weighted by Gasteiger charge is 2.27. The second-order valence-electron chi connectivity index (χ2n) is 8.07. The van der Waals surface area contributed by atoms with E-state index in [1.807, 2.05) is 43.7 Å². The molecule has 4 rings (SSSR count). The van der Waals surface area contributed by atoms with Crippen LogP contribution in [0.15, 0.2) is 36.7 Å². The average Bonchev–Trinajstić information content (AvgIpc) is 3.42. The molecule has 1 N–H and O–H groups in total. The lowest BCUT2D eigenvalue weighted by atomic mass is 10.1. The quantitative estimate of drug-likeness (QED) is 0.714. The fraction of sp³-hybridized carbons (Fsp3) is 0.476. The van der Waals surface area contributed by atoms with E-state index in [9.17, 15) is 4.79 Å². The Morgan fingerprint density at radius 2 is 2.18 bits per heavy atom. The lowest BCUT2D eigenvalue weighted by molar-refractivity contribution is 0.0766. The predicted molar refractivity (Wildman–Crippen MR) is 109 cm³/mol. The minimum absolute atomic E-state index is 0.0269. The standard InChI is InChI=1S/C21H28N6O/c1-15(2)26-9-8-16(12-26)11-25(3)21(28)19-10-17(23-24-19)13-27-14-22-18-6-4-5-7-20(18)27/h4-7,10,14-16H,8-9,11-13H2,1-3H3,(H,23,24)/t16-/m0/s1. The number of carbonyl (C=O) groups excluding carboxylic acids is 1. The number of carbonyl (C=O) groups is 1. The maximum absolute atomic E-state index is 12.8. The van der Waals surface area contributed by atoms with E-state index in [2.05, 4.69) is 38.5 Å². The normalized spacial score (nSPS) is 17.6. The van der Waals surface area contributed by atoms with Crippen LogP contribution in [0.1, 0.15) is 36.5 Å². The molecule has 3 heterocycles. The van der Waals surface area contributed by atoms with Crippen LogP contribution < -0.4 is 0 Å². The number of likely N-dealkylation sites (tertiary alicyclic amines) is 1. The first-order chi connectivity index (χ1) is 13.5. The summed E-state index contributed by atoms with van der Waals surface area (Å²) in [5.41, 5.74) is 3.40. The van der Waals surface area contributed by atoms with Crippen molar-refractivity contribution in [2.24, 2.45) is 5.92 Å². The number of nitrogens with one attached hydrogen (secondary N) is 1. The zero-order valence-corrected chi connectivity index (χ0v) is 16.8. The van der Waals surface area contributed by atoms with E-state index in [1.54, 1.807) is 4.90 Å². The number of fused-ring (bicyclic) bond motifs is 1. The monoisotopic (exact) mass is 380 g/mol. The van der Waals surface area contributed by atoms with Crippen LogP contribution >= 0.6 is 0 Å². The number of rotatable bonds is 6. The number of benzene rings is 1. The van der Waals surface area contributed by atoms with Gasteiger partial charge in [0, 0.05) is 26.2 Å². The number of aromatic amines is 1. The molecule has 2 aromatic heterocycles. The van der Waals surface area contributed by atoms with Gasteiger partial charge in [0.25, 0.3) is 5.91 Å². The molecule has 1 amide bonds. The molecule has 28 heavy (non-hydrogen) atoms. The molecule has 0 spiro atoms. The van der Waals surface area contributed by atoms with Crippen molar-refractivity contribution in [2.75, 3.05) is 26.7 Å². The molecule has 3 aromatic rings. The topological polar surface area (TPSA) is 70.1 Å². The van der Waals surface area contributed by atoms with Crippen molar-refractivity contribution < 1.29 is 4.79 Å². The van der Waals surface area contributed by atoms with Gasteiger partial charge in [-0.2, -0.15) is 5.10 Å². The van der Waals surface area contributed by atoms with Gasteiger partial charge in [0.15, 0.2) is 0 Å². The number of hydrogen-bond donors (Lipinski definition) is 1. The summed E-state index contributed by atoms with van der Waals surface area (Å²) in [6, 6.07) is 10.4. The molecule has 1 fully saturated rings. The Hall–Kier alpha value is -2.67. The average molecular weight is 380 g/mol. The minimum Gasteiger partial charge on any atom is -0.340 e. The van der Waals surface area contributed by atoms with Gasteiger partial charge in [0.05, 0.1) is 29.6 Å². The predicted octanol–water partition coefficient (Wildman–Crippen LogP) is 2.61.